The fourth-order valence-electron chi connectivity index (χ4n) is 2.60. The number of carbonyl (C=O) groups is 1. The first-order valence-electron chi connectivity index (χ1n) is 7.60. The van der Waals surface area contributed by atoms with Gasteiger partial charge in [0, 0.05) is 19.5 Å². The molecule has 6 nitrogen and oxygen atoms in total. The van der Waals surface area contributed by atoms with Crippen molar-refractivity contribution in [1.82, 2.24) is 9.03 Å². The Morgan fingerprint density at radius 2 is 1.95 bits per heavy atom. The van der Waals surface area contributed by atoms with Crippen LogP contribution in [0.3, 0.4) is 0 Å². The summed E-state index contributed by atoms with van der Waals surface area (Å²) >= 11 is 0. The van der Waals surface area contributed by atoms with Crippen molar-refractivity contribution in [2.45, 2.75) is 50.5 Å². The number of fused-ring (bicyclic) bond motifs is 1. The Bertz CT molecular complexity index is 518. The summed E-state index contributed by atoms with van der Waals surface area (Å²) in [5.41, 5.74) is 4.93. The minimum atomic E-state index is -3.78. The predicted molar refractivity (Wildman–Crippen MR) is 81.6 cm³/mol. The van der Waals surface area contributed by atoms with E-state index in [0.29, 0.717) is 13.0 Å². The van der Waals surface area contributed by atoms with Gasteiger partial charge in [-0.2, -0.15) is 12.7 Å². The third kappa shape index (κ3) is 4.05. The van der Waals surface area contributed by atoms with Crippen LogP contribution in [-0.2, 0) is 15.0 Å². The maximum atomic E-state index is 12.1. The van der Waals surface area contributed by atoms with E-state index in [1.54, 1.807) is 0 Å². The molecule has 1 amide bonds. The van der Waals surface area contributed by atoms with Crippen molar-refractivity contribution < 1.29 is 13.2 Å². The highest BCUT2D eigenvalue weighted by Crippen LogP contribution is 2.42. The zero-order valence-corrected chi connectivity index (χ0v) is 13.4. The van der Waals surface area contributed by atoms with E-state index in [2.05, 4.69) is 10.8 Å². The molecule has 1 saturated carbocycles. The largest absolute Gasteiger partial charge is 0.317 e. The van der Waals surface area contributed by atoms with Crippen LogP contribution in [0.5, 0.6) is 0 Å². The molecule has 0 unspecified atom stereocenters. The first-order chi connectivity index (χ1) is 9.86. The smallest absolute Gasteiger partial charge is 0.303 e. The molecule has 120 valence electrons. The van der Waals surface area contributed by atoms with Gasteiger partial charge in [0.15, 0.2) is 0 Å². The summed E-state index contributed by atoms with van der Waals surface area (Å²) in [6.07, 6.45) is 10.7. The second kappa shape index (κ2) is 6.46. The molecule has 0 aromatic carbocycles. The lowest BCUT2D eigenvalue weighted by atomic mass is 10.1. The number of nitrogens with two attached hydrogens (primary N) is 1. The molecule has 0 bridgehead atoms. The lowest BCUT2D eigenvalue weighted by Gasteiger charge is -2.19. The average Bonchev–Trinajstić information content (AvgIpc) is 3.07. The van der Waals surface area contributed by atoms with Gasteiger partial charge < -0.3 is 5.73 Å². The van der Waals surface area contributed by atoms with Gasteiger partial charge in [0.05, 0.1) is 0 Å². The van der Waals surface area contributed by atoms with E-state index >= 15 is 0 Å². The van der Waals surface area contributed by atoms with Gasteiger partial charge in [-0.05, 0) is 25.7 Å². The number of nitrogens with one attached hydrogen (secondary N) is 1. The van der Waals surface area contributed by atoms with Crippen molar-refractivity contribution in [3.63, 3.8) is 0 Å². The highest BCUT2D eigenvalue weighted by molar-refractivity contribution is 7.87. The third-order valence-electron chi connectivity index (χ3n) is 4.33. The first-order valence-corrected chi connectivity index (χ1v) is 9.04. The van der Waals surface area contributed by atoms with E-state index in [9.17, 15) is 13.2 Å². The second-order valence-electron chi connectivity index (χ2n) is 6.09. The number of hydrogen-bond acceptors (Lipinski definition) is 4. The number of carbonyl (C=O) groups excluding carboxylic acids is 1. The van der Waals surface area contributed by atoms with E-state index in [0.717, 1.165) is 38.5 Å². The summed E-state index contributed by atoms with van der Waals surface area (Å²) < 4.78 is 27.5. The van der Waals surface area contributed by atoms with E-state index in [4.69, 9.17) is 5.73 Å². The van der Waals surface area contributed by atoms with Crippen LogP contribution in [0.25, 0.3) is 0 Å². The molecule has 0 radical (unpaired) electrons. The number of amides is 1. The lowest BCUT2D eigenvalue weighted by molar-refractivity contribution is -0.121. The highest BCUT2D eigenvalue weighted by atomic mass is 32.2. The molecule has 1 aliphatic heterocycles. The summed E-state index contributed by atoms with van der Waals surface area (Å²) in [5.74, 6) is -0.651. The lowest BCUT2D eigenvalue weighted by Crippen LogP contribution is -2.50. The molecule has 3 N–H and O–H groups in total. The van der Waals surface area contributed by atoms with Crippen molar-refractivity contribution in [2.24, 2.45) is 11.7 Å². The van der Waals surface area contributed by atoms with Crippen molar-refractivity contribution in [3.8, 4) is 0 Å². The molecule has 0 aromatic rings. The fraction of sp³-hybridized carbons (Fsp3) is 0.786. The molecule has 0 saturated heterocycles. The molecule has 1 heterocycles. The summed E-state index contributed by atoms with van der Waals surface area (Å²) in [4.78, 5) is 12.1. The Kier molecular flexibility index (Phi) is 5.06. The van der Waals surface area contributed by atoms with Crippen LogP contribution in [0, 0.1) is 5.92 Å². The molecule has 1 aliphatic carbocycles. The number of rotatable bonds is 0. The summed E-state index contributed by atoms with van der Waals surface area (Å²) in [5, 5.41) is 0. The van der Waals surface area contributed by atoms with E-state index in [-0.39, 0.29) is 5.92 Å². The zero-order chi connectivity index (χ0) is 15.5. The third-order valence-corrected chi connectivity index (χ3v) is 5.77. The summed E-state index contributed by atoms with van der Waals surface area (Å²) in [7, 11) is -2.30. The number of nitrogens with zero attached hydrogens (tertiary/aromatic N) is 1. The van der Waals surface area contributed by atoms with E-state index < -0.39 is 21.7 Å². The Morgan fingerprint density at radius 3 is 2.71 bits per heavy atom. The van der Waals surface area contributed by atoms with Crippen LogP contribution in [0.1, 0.15) is 44.9 Å². The van der Waals surface area contributed by atoms with Gasteiger partial charge in [-0.25, -0.2) is 4.72 Å². The standard InChI is InChI=1S/C14H25N3O3S/c1-17-10-8-6-4-2-3-5-7-9-12-11-14(12,15)13(18)16-21(17,19)20/h7,9,12H,2-6,8,10-11,15H2,1H3,(H,16,18)/b9-7+/t12-,14-/m1/s1. The van der Waals surface area contributed by atoms with Gasteiger partial charge in [-0.3, -0.25) is 4.79 Å². The van der Waals surface area contributed by atoms with Gasteiger partial charge >= 0.3 is 10.2 Å². The normalized spacial score (nSPS) is 36.7. The highest BCUT2D eigenvalue weighted by Gasteiger charge is 2.56. The molecule has 1 fully saturated rings. The zero-order valence-electron chi connectivity index (χ0n) is 12.5. The van der Waals surface area contributed by atoms with Crippen LogP contribution < -0.4 is 10.5 Å². The molecule has 21 heavy (non-hydrogen) atoms. The van der Waals surface area contributed by atoms with Crippen LogP contribution >= 0.6 is 0 Å². The van der Waals surface area contributed by atoms with Gasteiger partial charge in [0.2, 0.25) is 0 Å². The summed E-state index contributed by atoms with van der Waals surface area (Å²) in [6.45, 7) is 0.419. The maximum Gasteiger partial charge on any atom is 0.303 e. The molecular weight excluding hydrogens is 290 g/mol. The van der Waals surface area contributed by atoms with Crippen molar-refractivity contribution in [2.75, 3.05) is 13.6 Å². The van der Waals surface area contributed by atoms with Crippen LogP contribution in [0.15, 0.2) is 12.2 Å². The Labute approximate surface area is 126 Å². The van der Waals surface area contributed by atoms with Crippen molar-refractivity contribution in [3.05, 3.63) is 12.2 Å². The fourth-order valence-corrected chi connectivity index (χ4v) is 3.55. The quantitative estimate of drug-likeness (QED) is 0.650. The van der Waals surface area contributed by atoms with Gasteiger partial charge in [0.1, 0.15) is 5.54 Å². The summed E-state index contributed by atoms with van der Waals surface area (Å²) in [6, 6.07) is 0. The minimum absolute atomic E-state index is 0.0527. The molecular formula is C14H25N3O3S. The van der Waals surface area contributed by atoms with E-state index in [1.165, 1.54) is 11.4 Å². The van der Waals surface area contributed by atoms with Gasteiger partial charge in [-0.1, -0.05) is 31.4 Å². The second-order valence-corrected chi connectivity index (χ2v) is 7.87. The monoisotopic (exact) mass is 315 g/mol. The Morgan fingerprint density at radius 1 is 1.29 bits per heavy atom. The van der Waals surface area contributed by atoms with E-state index in [1.807, 2.05) is 6.08 Å². The number of hydrogen-bond donors (Lipinski definition) is 2. The molecule has 2 aliphatic rings. The van der Waals surface area contributed by atoms with Gasteiger partial charge in [0.25, 0.3) is 5.91 Å². The maximum absolute atomic E-state index is 12.1. The van der Waals surface area contributed by atoms with Crippen molar-refractivity contribution >= 4 is 16.1 Å². The topological polar surface area (TPSA) is 92.5 Å². The molecule has 0 aromatic heterocycles. The number of allylic oxidation sites excluding steroid dienone is 1. The molecule has 7 heteroatoms. The van der Waals surface area contributed by atoms with Crippen molar-refractivity contribution in [1.29, 1.82) is 0 Å². The average molecular weight is 315 g/mol. The van der Waals surface area contributed by atoms with Crippen LogP contribution in [0.4, 0.5) is 0 Å². The predicted octanol–water partition coefficient (Wildman–Crippen LogP) is 0.907. The van der Waals surface area contributed by atoms with Gasteiger partial charge in [-0.15, -0.1) is 0 Å². The molecule has 2 rings (SSSR count). The Balaban J connectivity index is 2.07. The SMILES string of the molecule is CN1CCCCCCC/C=C/[C@@H]2C[C@]2(N)C(=O)NS1(=O)=O. The molecule has 0 spiro atoms. The minimum Gasteiger partial charge on any atom is -0.317 e. The van der Waals surface area contributed by atoms with Crippen LogP contribution in [-0.4, -0.2) is 37.8 Å². The van der Waals surface area contributed by atoms with Crippen LogP contribution in [0.2, 0.25) is 0 Å². The Hall–Kier alpha value is -0.920. The molecule has 2 atom stereocenters. The first kappa shape index (κ1) is 16.5.